The van der Waals surface area contributed by atoms with Crippen LogP contribution in [0.4, 0.5) is 10.6 Å². The Hall–Kier alpha value is -5.43. The summed E-state index contributed by atoms with van der Waals surface area (Å²) in [5.41, 5.74) is 1.60. The van der Waals surface area contributed by atoms with E-state index in [1.54, 1.807) is 18.6 Å². The number of aromatic amines is 1. The number of hydrogen-bond donors (Lipinski definition) is 2. The van der Waals surface area contributed by atoms with E-state index in [1.807, 2.05) is 6.07 Å². The quantitative estimate of drug-likeness (QED) is 0.255. The molecule has 16 nitrogen and oxygen atoms in total. The first kappa shape index (κ1) is 29.1. The Morgan fingerprint density at radius 2 is 1.77 bits per heavy atom. The van der Waals surface area contributed by atoms with Gasteiger partial charge in [-0.2, -0.15) is 15.3 Å². The normalized spacial score (nSPS) is 16.2. The number of H-pyrrole nitrogens is 1. The van der Waals surface area contributed by atoms with Crippen molar-refractivity contribution in [1.82, 2.24) is 40.1 Å². The van der Waals surface area contributed by atoms with Gasteiger partial charge in [0.1, 0.15) is 24.5 Å². The lowest BCUT2D eigenvalue weighted by Gasteiger charge is -2.35. The minimum atomic E-state index is -0.560. The summed E-state index contributed by atoms with van der Waals surface area (Å²) < 4.78 is 21.5. The number of carbonyl (C=O) groups excluding carboxylic acids is 1. The Morgan fingerprint density at radius 3 is 2.40 bits per heavy atom. The van der Waals surface area contributed by atoms with Crippen LogP contribution >= 0.6 is 0 Å². The number of hydrogen-bond acceptors (Lipinski definition) is 14. The summed E-state index contributed by atoms with van der Waals surface area (Å²) in [6.07, 6.45) is 10.3. The number of anilines is 1. The molecule has 0 spiro atoms. The molecule has 16 heteroatoms. The topological polar surface area (TPSA) is 207 Å². The SMILES string of the molecule is COCCOC(=O)N(c1cnc(-c2cnc(OC)nc2)cn1)[C@H]1CC[C@H](Oc2ncc(C#N)c(-c3n[nH]cc3O)n2)CC1. The van der Waals surface area contributed by atoms with Gasteiger partial charge in [0.05, 0.1) is 49.8 Å². The molecule has 0 atom stereocenters. The molecule has 1 amide bonds. The van der Waals surface area contributed by atoms with Crippen LogP contribution in [0.2, 0.25) is 0 Å². The first-order valence-electron chi connectivity index (χ1n) is 13.3. The number of aromatic nitrogens is 8. The van der Waals surface area contributed by atoms with Crippen molar-refractivity contribution in [3.8, 4) is 46.5 Å². The third-order valence-corrected chi connectivity index (χ3v) is 6.71. The fourth-order valence-corrected chi connectivity index (χ4v) is 4.57. The van der Waals surface area contributed by atoms with E-state index in [4.69, 9.17) is 18.9 Å². The van der Waals surface area contributed by atoms with E-state index in [1.165, 1.54) is 37.7 Å². The molecule has 1 saturated carbocycles. The second kappa shape index (κ2) is 13.5. The number of aromatic hydroxyl groups is 1. The molecule has 1 aliphatic carbocycles. The lowest BCUT2D eigenvalue weighted by Crippen LogP contribution is -2.45. The molecule has 5 rings (SSSR count). The van der Waals surface area contributed by atoms with Gasteiger partial charge in [0, 0.05) is 31.1 Å². The molecule has 0 aliphatic heterocycles. The zero-order valence-electron chi connectivity index (χ0n) is 23.4. The van der Waals surface area contributed by atoms with Gasteiger partial charge in [-0.1, -0.05) is 0 Å². The molecule has 4 heterocycles. The molecule has 222 valence electrons. The van der Waals surface area contributed by atoms with Crippen LogP contribution in [0, 0.1) is 11.3 Å². The Kier molecular flexibility index (Phi) is 9.12. The number of nitrogens with one attached hydrogen (secondary N) is 1. The number of methoxy groups -OCH3 is 2. The molecule has 2 N–H and O–H groups in total. The number of carbonyl (C=O) groups is 1. The fourth-order valence-electron chi connectivity index (χ4n) is 4.57. The monoisotopic (exact) mass is 588 g/mol. The second-order valence-electron chi connectivity index (χ2n) is 9.39. The minimum Gasteiger partial charge on any atom is -0.504 e. The van der Waals surface area contributed by atoms with E-state index in [9.17, 15) is 15.2 Å². The second-order valence-corrected chi connectivity index (χ2v) is 9.39. The molecule has 0 aromatic carbocycles. The first-order chi connectivity index (χ1) is 21.0. The van der Waals surface area contributed by atoms with Crippen LogP contribution in [0.1, 0.15) is 31.2 Å². The zero-order valence-corrected chi connectivity index (χ0v) is 23.4. The van der Waals surface area contributed by atoms with E-state index in [2.05, 4.69) is 40.1 Å². The molecule has 0 radical (unpaired) electrons. The van der Waals surface area contributed by atoms with Gasteiger partial charge in [-0.3, -0.25) is 15.0 Å². The van der Waals surface area contributed by atoms with Gasteiger partial charge in [0.25, 0.3) is 0 Å². The molecular weight excluding hydrogens is 560 g/mol. The summed E-state index contributed by atoms with van der Waals surface area (Å²) in [6, 6.07) is 2.05. The van der Waals surface area contributed by atoms with Crippen LogP contribution in [0.15, 0.2) is 37.2 Å². The third kappa shape index (κ3) is 6.73. The summed E-state index contributed by atoms with van der Waals surface area (Å²) in [4.78, 5) is 40.3. The minimum absolute atomic E-state index is 0.0552. The number of amides is 1. The van der Waals surface area contributed by atoms with Crippen molar-refractivity contribution >= 4 is 11.9 Å². The molecule has 0 unspecified atom stereocenters. The predicted octanol–water partition coefficient (Wildman–Crippen LogP) is 2.68. The predicted molar refractivity (Wildman–Crippen MR) is 148 cm³/mol. The summed E-state index contributed by atoms with van der Waals surface area (Å²) in [7, 11) is 3.01. The lowest BCUT2D eigenvalue weighted by atomic mass is 9.92. The highest BCUT2D eigenvalue weighted by Gasteiger charge is 2.33. The lowest BCUT2D eigenvalue weighted by molar-refractivity contribution is 0.0966. The summed E-state index contributed by atoms with van der Waals surface area (Å²) in [5.74, 6) is 0.191. The van der Waals surface area contributed by atoms with Crippen LogP contribution in [0.5, 0.6) is 17.8 Å². The molecule has 43 heavy (non-hydrogen) atoms. The first-order valence-corrected chi connectivity index (χ1v) is 13.3. The Bertz CT molecular complexity index is 1570. The highest BCUT2D eigenvalue weighted by atomic mass is 16.6. The van der Waals surface area contributed by atoms with Crippen molar-refractivity contribution in [3.63, 3.8) is 0 Å². The van der Waals surface area contributed by atoms with Gasteiger partial charge in [-0.25, -0.2) is 24.7 Å². The maximum atomic E-state index is 13.2. The van der Waals surface area contributed by atoms with Crippen LogP contribution < -0.4 is 14.4 Å². The average Bonchev–Trinajstić information content (AvgIpc) is 3.48. The van der Waals surface area contributed by atoms with Crippen molar-refractivity contribution in [3.05, 3.63) is 42.7 Å². The van der Waals surface area contributed by atoms with Gasteiger partial charge < -0.3 is 24.1 Å². The largest absolute Gasteiger partial charge is 0.504 e. The summed E-state index contributed by atoms with van der Waals surface area (Å²) in [6.45, 7) is 0.341. The molecule has 0 saturated heterocycles. The zero-order chi connectivity index (χ0) is 30.2. The van der Waals surface area contributed by atoms with Crippen molar-refractivity contribution < 1.29 is 28.8 Å². The van der Waals surface area contributed by atoms with Crippen LogP contribution in [-0.2, 0) is 9.47 Å². The van der Waals surface area contributed by atoms with Gasteiger partial charge in [-0.15, -0.1) is 0 Å². The maximum absolute atomic E-state index is 13.2. The molecule has 1 aliphatic rings. The Labute approximate surface area is 245 Å². The van der Waals surface area contributed by atoms with Crippen LogP contribution in [-0.4, -0.2) is 90.9 Å². The van der Waals surface area contributed by atoms with E-state index < -0.39 is 6.09 Å². The standard InChI is InChI=1S/C27H28N10O6/c1-40-7-8-42-27(39)37(22-15-29-20(13-30-22)17-11-31-25(41-2)32-12-17)18-3-5-19(6-4-18)43-26-33-10-16(9-28)23(35-26)24-21(38)14-34-36-24/h10-15,18-19,38H,3-8H2,1-2H3,(H,34,36)/t18-,19-. The smallest absolute Gasteiger partial charge is 0.415 e. The molecule has 0 bridgehead atoms. The van der Waals surface area contributed by atoms with Gasteiger partial charge >= 0.3 is 18.1 Å². The van der Waals surface area contributed by atoms with Gasteiger partial charge in [0.2, 0.25) is 0 Å². The third-order valence-electron chi connectivity index (χ3n) is 6.71. The maximum Gasteiger partial charge on any atom is 0.415 e. The number of nitriles is 1. The highest BCUT2D eigenvalue weighted by molar-refractivity contribution is 5.87. The van der Waals surface area contributed by atoms with Crippen molar-refractivity contribution in [2.45, 2.75) is 37.8 Å². The summed E-state index contributed by atoms with van der Waals surface area (Å²) >= 11 is 0. The van der Waals surface area contributed by atoms with Crippen LogP contribution in [0.25, 0.3) is 22.6 Å². The van der Waals surface area contributed by atoms with Crippen molar-refractivity contribution in [1.29, 1.82) is 5.26 Å². The van der Waals surface area contributed by atoms with Gasteiger partial charge in [0.15, 0.2) is 17.3 Å². The van der Waals surface area contributed by atoms with Crippen molar-refractivity contribution in [2.75, 3.05) is 32.3 Å². The summed E-state index contributed by atoms with van der Waals surface area (Å²) in [5, 5.41) is 26.0. The number of rotatable bonds is 10. The van der Waals surface area contributed by atoms with E-state index in [0.29, 0.717) is 42.8 Å². The fraction of sp³-hybridized carbons (Fsp3) is 0.370. The Balaban J connectivity index is 1.29. The number of nitrogens with zero attached hydrogens (tertiary/aromatic N) is 9. The van der Waals surface area contributed by atoms with E-state index >= 15 is 0 Å². The van der Waals surface area contributed by atoms with E-state index in [-0.39, 0.29) is 60.1 Å². The molecule has 4 aromatic rings. The molecule has 1 fully saturated rings. The highest BCUT2D eigenvalue weighted by Crippen LogP contribution is 2.31. The molecule has 4 aromatic heterocycles. The number of ether oxygens (including phenoxy) is 4. The van der Waals surface area contributed by atoms with Gasteiger partial charge in [-0.05, 0) is 25.7 Å². The van der Waals surface area contributed by atoms with Crippen LogP contribution in [0.3, 0.4) is 0 Å². The van der Waals surface area contributed by atoms with Crippen molar-refractivity contribution in [2.24, 2.45) is 0 Å². The van der Waals surface area contributed by atoms with E-state index in [0.717, 1.165) is 0 Å². The Morgan fingerprint density at radius 1 is 1.00 bits per heavy atom. The molecular formula is C27H28N10O6. The average molecular weight is 589 g/mol.